The highest BCUT2D eigenvalue weighted by Crippen LogP contribution is 2.42. The van der Waals surface area contributed by atoms with E-state index in [0.29, 0.717) is 0 Å². The molecule has 0 bridgehead atoms. The molecule has 2 aliphatic carbocycles. The van der Waals surface area contributed by atoms with Crippen LogP contribution < -0.4 is 0 Å². The van der Waals surface area contributed by atoms with Crippen molar-refractivity contribution in [2.75, 3.05) is 0 Å². The van der Waals surface area contributed by atoms with Crippen LogP contribution in [0.3, 0.4) is 0 Å². The molecule has 0 amide bonds. The third-order valence-corrected chi connectivity index (χ3v) is 6.28. The summed E-state index contributed by atoms with van der Waals surface area (Å²) >= 11 is 2.65. The topological polar surface area (TPSA) is 0 Å². The lowest BCUT2D eigenvalue weighted by Crippen LogP contribution is -2.25. The number of hydrogen-bond donors (Lipinski definition) is 0. The molecule has 2 saturated carbocycles. The third kappa shape index (κ3) is 4.25. The van der Waals surface area contributed by atoms with E-state index in [9.17, 15) is 0 Å². The van der Waals surface area contributed by atoms with Crippen molar-refractivity contribution in [1.29, 1.82) is 0 Å². The average molecular weight is 346 g/mol. The molecule has 0 atom stereocenters. The molecule has 0 heterocycles. The molecular formula is C16H27I. The van der Waals surface area contributed by atoms with Crippen LogP contribution in [0.15, 0.2) is 12.7 Å². The molecule has 2 fully saturated rings. The summed E-state index contributed by atoms with van der Waals surface area (Å²) in [6.45, 7) is 3.84. The van der Waals surface area contributed by atoms with Gasteiger partial charge in [0.05, 0.1) is 0 Å². The molecule has 0 spiro atoms. The van der Waals surface area contributed by atoms with Gasteiger partial charge in [-0.1, -0.05) is 41.5 Å². The normalized spacial score (nSPS) is 38.9. The first-order valence-corrected chi connectivity index (χ1v) is 8.79. The van der Waals surface area contributed by atoms with Crippen molar-refractivity contribution in [2.45, 2.75) is 68.1 Å². The maximum absolute atomic E-state index is 3.84. The monoisotopic (exact) mass is 346 g/mol. The van der Waals surface area contributed by atoms with Crippen LogP contribution in [0.25, 0.3) is 0 Å². The van der Waals surface area contributed by atoms with Crippen LogP contribution in [-0.4, -0.2) is 3.92 Å². The van der Waals surface area contributed by atoms with Crippen LogP contribution in [-0.2, 0) is 0 Å². The van der Waals surface area contributed by atoms with Gasteiger partial charge in [-0.3, -0.25) is 0 Å². The first-order valence-electron chi connectivity index (χ1n) is 7.54. The Hall–Kier alpha value is 0.470. The molecular weight excluding hydrogens is 319 g/mol. The molecule has 0 unspecified atom stereocenters. The lowest BCUT2D eigenvalue weighted by molar-refractivity contribution is 0.167. The molecule has 0 nitrogen and oxygen atoms in total. The van der Waals surface area contributed by atoms with Gasteiger partial charge in [-0.2, -0.15) is 0 Å². The zero-order valence-electron chi connectivity index (χ0n) is 11.0. The first-order chi connectivity index (χ1) is 8.29. The highest BCUT2D eigenvalue weighted by atomic mass is 127. The van der Waals surface area contributed by atoms with E-state index in [0.717, 1.165) is 21.7 Å². The molecule has 0 aromatic carbocycles. The Labute approximate surface area is 121 Å². The maximum atomic E-state index is 3.84. The highest BCUT2D eigenvalue weighted by Gasteiger charge is 2.29. The Balaban J connectivity index is 1.69. The fourth-order valence-electron chi connectivity index (χ4n) is 3.85. The number of halogens is 1. The maximum Gasteiger partial charge on any atom is 0.0110 e. The number of rotatable bonds is 4. The second kappa shape index (κ2) is 7.16. The summed E-state index contributed by atoms with van der Waals surface area (Å²) in [6, 6.07) is 0. The van der Waals surface area contributed by atoms with Gasteiger partial charge in [-0.25, -0.2) is 0 Å². The van der Waals surface area contributed by atoms with Crippen molar-refractivity contribution < 1.29 is 0 Å². The lowest BCUT2D eigenvalue weighted by atomic mass is 9.70. The summed E-state index contributed by atoms with van der Waals surface area (Å²) in [5.74, 6) is 3.19. The largest absolute Gasteiger partial charge is 0.103 e. The summed E-state index contributed by atoms with van der Waals surface area (Å²) in [6.07, 6.45) is 16.8. The van der Waals surface area contributed by atoms with Crippen molar-refractivity contribution in [3.63, 3.8) is 0 Å². The number of hydrogen-bond acceptors (Lipinski definition) is 0. The van der Waals surface area contributed by atoms with Crippen molar-refractivity contribution in [1.82, 2.24) is 0 Å². The van der Waals surface area contributed by atoms with Crippen molar-refractivity contribution >= 4 is 22.6 Å². The summed E-state index contributed by atoms with van der Waals surface area (Å²) in [5.41, 5.74) is 0. The summed E-state index contributed by atoms with van der Waals surface area (Å²) in [5, 5.41) is 0. The van der Waals surface area contributed by atoms with E-state index < -0.39 is 0 Å². The second-order valence-electron chi connectivity index (χ2n) is 6.16. The Morgan fingerprint density at radius 1 is 0.882 bits per heavy atom. The Kier molecular flexibility index (Phi) is 5.85. The molecule has 2 aliphatic rings. The zero-order valence-corrected chi connectivity index (χ0v) is 13.2. The SMILES string of the molecule is C=CCCC1CCC(C2CCC(I)CC2)CC1. The standard InChI is InChI=1S/C16H27I/c1-2-3-4-13-5-7-14(8-6-13)15-9-11-16(17)12-10-15/h2,13-16H,1,3-12H2. The third-order valence-electron chi connectivity index (χ3n) is 5.04. The number of allylic oxidation sites excluding steroid dienone is 1. The van der Waals surface area contributed by atoms with Crippen molar-refractivity contribution in [3.8, 4) is 0 Å². The van der Waals surface area contributed by atoms with E-state index in [2.05, 4.69) is 35.2 Å². The lowest BCUT2D eigenvalue weighted by Gasteiger charge is -2.37. The quantitative estimate of drug-likeness (QED) is 0.345. The van der Waals surface area contributed by atoms with E-state index in [1.807, 2.05) is 0 Å². The van der Waals surface area contributed by atoms with Crippen LogP contribution in [0.5, 0.6) is 0 Å². The molecule has 0 saturated heterocycles. The zero-order chi connectivity index (χ0) is 12.1. The van der Waals surface area contributed by atoms with Crippen LogP contribution in [0.1, 0.15) is 64.2 Å². The van der Waals surface area contributed by atoms with Crippen LogP contribution in [0.4, 0.5) is 0 Å². The Morgan fingerprint density at radius 3 is 1.94 bits per heavy atom. The number of alkyl halides is 1. The van der Waals surface area contributed by atoms with E-state index in [1.54, 1.807) is 0 Å². The van der Waals surface area contributed by atoms with Gasteiger partial charge >= 0.3 is 0 Å². The van der Waals surface area contributed by atoms with Gasteiger partial charge < -0.3 is 0 Å². The van der Waals surface area contributed by atoms with E-state index in [4.69, 9.17) is 0 Å². The molecule has 0 aromatic rings. The van der Waals surface area contributed by atoms with Crippen molar-refractivity contribution in [2.24, 2.45) is 17.8 Å². The van der Waals surface area contributed by atoms with Gasteiger partial charge in [0, 0.05) is 3.92 Å². The average Bonchev–Trinajstić information content (AvgIpc) is 2.38. The van der Waals surface area contributed by atoms with E-state index in [-0.39, 0.29) is 0 Å². The predicted molar refractivity (Wildman–Crippen MR) is 84.6 cm³/mol. The van der Waals surface area contributed by atoms with Gasteiger partial charge in [0.2, 0.25) is 0 Å². The van der Waals surface area contributed by atoms with Crippen LogP contribution in [0, 0.1) is 17.8 Å². The minimum Gasteiger partial charge on any atom is -0.103 e. The highest BCUT2D eigenvalue weighted by molar-refractivity contribution is 14.1. The van der Waals surface area contributed by atoms with E-state index in [1.165, 1.54) is 64.2 Å². The minimum absolute atomic E-state index is 0.979. The Bertz CT molecular complexity index is 220. The summed E-state index contributed by atoms with van der Waals surface area (Å²) in [4.78, 5) is 0. The van der Waals surface area contributed by atoms with Crippen LogP contribution in [0.2, 0.25) is 0 Å². The van der Waals surface area contributed by atoms with Crippen molar-refractivity contribution in [3.05, 3.63) is 12.7 Å². The Morgan fingerprint density at radius 2 is 1.41 bits per heavy atom. The molecule has 0 radical (unpaired) electrons. The van der Waals surface area contributed by atoms with Gasteiger partial charge in [0.1, 0.15) is 0 Å². The van der Waals surface area contributed by atoms with Gasteiger partial charge in [0.15, 0.2) is 0 Å². The second-order valence-corrected chi connectivity index (χ2v) is 7.92. The van der Waals surface area contributed by atoms with Gasteiger partial charge in [-0.05, 0) is 69.1 Å². The smallest absolute Gasteiger partial charge is 0.0110 e. The molecule has 0 aromatic heterocycles. The minimum atomic E-state index is 0.979. The summed E-state index contributed by atoms with van der Waals surface area (Å²) in [7, 11) is 0. The molecule has 0 N–H and O–H groups in total. The van der Waals surface area contributed by atoms with Gasteiger partial charge in [0.25, 0.3) is 0 Å². The molecule has 98 valence electrons. The molecule has 1 heteroatoms. The van der Waals surface area contributed by atoms with Crippen LogP contribution >= 0.6 is 22.6 Å². The van der Waals surface area contributed by atoms with Gasteiger partial charge in [-0.15, -0.1) is 6.58 Å². The molecule has 17 heavy (non-hydrogen) atoms. The van der Waals surface area contributed by atoms with E-state index >= 15 is 0 Å². The molecule has 2 rings (SSSR count). The first kappa shape index (κ1) is 13.9. The molecule has 0 aliphatic heterocycles. The fourth-order valence-corrected chi connectivity index (χ4v) is 4.57. The summed E-state index contributed by atoms with van der Waals surface area (Å²) < 4.78 is 0.979. The predicted octanol–water partition coefficient (Wildman–Crippen LogP) is 5.75. The fraction of sp³-hybridized carbons (Fsp3) is 0.875.